The predicted molar refractivity (Wildman–Crippen MR) is 59.2 cm³/mol. The molecule has 0 unspecified atom stereocenters. The molecule has 0 spiro atoms. The molecule has 0 atom stereocenters. The van der Waals surface area contributed by atoms with Gasteiger partial charge in [-0.1, -0.05) is 0 Å². The number of hydrogen-bond acceptors (Lipinski definition) is 2. The molecule has 2 nitrogen and oxygen atoms in total. The Labute approximate surface area is 109 Å². The SMILES string of the molecule is CC(C)(SCc1c(F)c(F)c(F)c(F)c1F)C(=O)O. The number of carboxylic acid groups (broad SMARTS) is 1. The van der Waals surface area contributed by atoms with Crippen molar-refractivity contribution in [2.75, 3.05) is 0 Å². The van der Waals surface area contributed by atoms with E-state index in [2.05, 4.69) is 0 Å². The number of halogens is 5. The largest absolute Gasteiger partial charge is 0.480 e. The zero-order valence-corrected chi connectivity index (χ0v) is 10.7. The molecule has 0 bridgehead atoms. The maximum absolute atomic E-state index is 13.3. The van der Waals surface area contributed by atoms with E-state index in [1.165, 1.54) is 13.8 Å². The Kier molecular flexibility index (Phi) is 4.44. The topological polar surface area (TPSA) is 37.3 Å². The Morgan fingerprint density at radius 2 is 1.37 bits per heavy atom. The fraction of sp³-hybridized carbons (Fsp3) is 0.364. The highest BCUT2D eigenvalue weighted by Gasteiger charge is 2.31. The molecule has 106 valence electrons. The Balaban J connectivity index is 3.13. The van der Waals surface area contributed by atoms with Crippen LogP contribution in [0.25, 0.3) is 0 Å². The van der Waals surface area contributed by atoms with Crippen LogP contribution in [0.2, 0.25) is 0 Å². The zero-order chi connectivity index (χ0) is 15.0. The van der Waals surface area contributed by atoms with Crippen LogP contribution in [0.15, 0.2) is 0 Å². The molecule has 0 saturated heterocycles. The minimum atomic E-state index is -2.23. The molecule has 0 aliphatic heterocycles. The van der Waals surface area contributed by atoms with Crippen molar-refractivity contribution in [1.29, 1.82) is 0 Å². The number of carboxylic acids is 1. The van der Waals surface area contributed by atoms with Crippen molar-refractivity contribution < 1.29 is 31.9 Å². The van der Waals surface area contributed by atoms with Gasteiger partial charge in [-0.3, -0.25) is 4.79 Å². The van der Waals surface area contributed by atoms with Gasteiger partial charge < -0.3 is 5.11 Å². The Morgan fingerprint density at radius 3 is 1.74 bits per heavy atom. The highest BCUT2D eigenvalue weighted by atomic mass is 32.2. The Morgan fingerprint density at radius 1 is 1.00 bits per heavy atom. The molecular weight excluding hydrogens is 291 g/mol. The molecule has 1 N–H and O–H groups in total. The van der Waals surface area contributed by atoms with E-state index in [1.807, 2.05) is 0 Å². The van der Waals surface area contributed by atoms with E-state index in [1.54, 1.807) is 0 Å². The van der Waals surface area contributed by atoms with E-state index in [4.69, 9.17) is 5.11 Å². The molecule has 0 radical (unpaired) electrons. The third-order valence-corrected chi connectivity index (χ3v) is 3.72. The summed E-state index contributed by atoms with van der Waals surface area (Å²) in [7, 11) is 0. The number of carbonyl (C=O) groups is 1. The first-order chi connectivity index (χ1) is 8.59. The molecule has 19 heavy (non-hydrogen) atoms. The summed E-state index contributed by atoms with van der Waals surface area (Å²) in [4.78, 5) is 10.8. The van der Waals surface area contributed by atoms with Crippen molar-refractivity contribution in [2.45, 2.75) is 24.3 Å². The molecule has 1 rings (SSSR count). The van der Waals surface area contributed by atoms with Crippen molar-refractivity contribution >= 4 is 17.7 Å². The molecule has 0 aliphatic carbocycles. The second kappa shape index (κ2) is 5.36. The second-order valence-electron chi connectivity index (χ2n) is 4.15. The first-order valence-electron chi connectivity index (χ1n) is 4.97. The normalized spacial score (nSPS) is 11.7. The average molecular weight is 300 g/mol. The third-order valence-electron chi connectivity index (χ3n) is 2.39. The standard InChI is InChI=1S/C11H9F5O2S/c1-11(2,10(17)18)19-3-4-5(12)7(14)9(16)8(15)6(4)13/h3H2,1-2H3,(H,17,18). The van der Waals surface area contributed by atoms with E-state index in [-0.39, 0.29) is 0 Å². The van der Waals surface area contributed by atoms with Gasteiger partial charge in [-0.05, 0) is 13.8 Å². The first-order valence-corrected chi connectivity index (χ1v) is 5.95. The molecule has 0 aromatic heterocycles. The van der Waals surface area contributed by atoms with Crippen LogP contribution in [-0.2, 0) is 10.5 Å². The molecule has 0 fully saturated rings. The highest BCUT2D eigenvalue weighted by Crippen LogP contribution is 2.32. The summed E-state index contributed by atoms with van der Waals surface area (Å²) in [6.07, 6.45) is 0. The number of aliphatic carboxylic acids is 1. The van der Waals surface area contributed by atoms with Gasteiger partial charge in [0.05, 0.1) is 0 Å². The summed E-state index contributed by atoms with van der Waals surface area (Å²) in [5.41, 5.74) is -1.03. The zero-order valence-electron chi connectivity index (χ0n) is 9.86. The first kappa shape index (κ1) is 15.7. The predicted octanol–water partition coefficient (Wildman–Crippen LogP) is 3.48. The van der Waals surface area contributed by atoms with Crippen molar-refractivity contribution in [3.05, 3.63) is 34.6 Å². The summed E-state index contributed by atoms with van der Waals surface area (Å²) >= 11 is 0.556. The Bertz CT molecular complexity index is 501. The van der Waals surface area contributed by atoms with Crippen LogP contribution in [0.1, 0.15) is 19.4 Å². The summed E-state index contributed by atoms with van der Waals surface area (Å²) in [5.74, 6) is -12.1. The number of rotatable bonds is 4. The lowest BCUT2D eigenvalue weighted by Crippen LogP contribution is -2.27. The Hall–Kier alpha value is -1.31. The van der Waals surface area contributed by atoms with Gasteiger partial charge >= 0.3 is 5.97 Å². The second-order valence-corrected chi connectivity index (χ2v) is 5.75. The maximum Gasteiger partial charge on any atom is 0.319 e. The fourth-order valence-corrected chi connectivity index (χ4v) is 1.97. The van der Waals surface area contributed by atoms with E-state index in [0.29, 0.717) is 11.8 Å². The van der Waals surface area contributed by atoms with Gasteiger partial charge in [-0.2, -0.15) is 0 Å². The summed E-state index contributed by atoms with van der Waals surface area (Å²) < 4.78 is 63.7. The average Bonchev–Trinajstić information content (AvgIpc) is 2.33. The minimum Gasteiger partial charge on any atom is -0.480 e. The van der Waals surface area contributed by atoms with Crippen LogP contribution in [0.4, 0.5) is 22.0 Å². The number of thioether (sulfide) groups is 1. The fourth-order valence-electron chi connectivity index (χ4n) is 1.09. The molecule has 0 saturated carbocycles. The molecular formula is C11H9F5O2S. The summed E-state index contributed by atoms with van der Waals surface area (Å²) in [6.45, 7) is 2.51. The van der Waals surface area contributed by atoms with Crippen molar-refractivity contribution in [3.63, 3.8) is 0 Å². The van der Waals surface area contributed by atoms with E-state index < -0.39 is 51.1 Å². The molecule has 0 aliphatic rings. The smallest absolute Gasteiger partial charge is 0.319 e. The van der Waals surface area contributed by atoms with Gasteiger partial charge in [-0.15, -0.1) is 11.8 Å². The lowest BCUT2D eigenvalue weighted by Gasteiger charge is -2.18. The van der Waals surface area contributed by atoms with Crippen LogP contribution in [0.5, 0.6) is 0 Å². The molecule has 1 aromatic rings. The third kappa shape index (κ3) is 2.99. The minimum absolute atomic E-state index is 0.556. The number of hydrogen-bond donors (Lipinski definition) is 1. The van der Waals surface area contributed by atoms with Gasteiger partial charge in [0.2, 0.25) is 5.82 Å². The maximum atomic E-state index is 13.3. The van der Waals surface area contributed by atoms with E-state index in [0.717, 1.165) is 0 Å². The number of benzene rings is 1. The molecule has 0 amide bonds. The van der Waals surface area contributed by atoms with Gasteiger partial charge in [0.1, 0.15) is 4.75 Å². The van der Waals surface area contributed by atoms with Crippen LogP contribution in [-0.4, -0.2) is 15.8 Å². The molecule has 0 heterocycles. The van der Waals surface area contributed by atoms with Crippen molar-refractivity contribution in [3.8, 4) is 0 Å². The van der Waals surface area contributed by atoms with Gasteiger partial charge in [0.25, 0.3) is 0 Å². The molecule has 1 aromatic carbocycles. The van der Waals surface area contributed by atoms with Crippen molar-refractivity contribution in [2.24, 2.45) is 0 Å². The van der Waals surface area contributed by atoms with Crippen LogP contribution in [0, 0.1) is 29.1 Å². The summed E-state index contributed by atoms with van der Waals surface area (Å²) in [6, 6.07) is 0. The van der Waals surface area contributed by atoms with Gasteiger partial charge in [-0.25, -0.2) is 22.0 Å². The van der Waals surface area contributed by atoms with Crippen molar-refractivity contribution in [1.82, 2.24) is 0 Å². The van der Waals surface area contributed by atoms with Gasteiger partial charge in [0, 0.05) is 11.3 Å². The lowest BCUT2D eigenvalue weighted by atomic mass is 10.2. The van der Waals surface area contributed by atoms with E-state index in [9.17, 15) is 26.7 Å². The van der Waals surface area contributed by atoms with Crippen LogP contribution < -0.4 is 0 Å². The lowest BCUT2D eigenvalue weighted by molar-refractivity contribution is -0.138. The monoisotopic (exact) mass is 300 g/mol. The van der Waals surface area contributed by atoms with Gasteiger partial charge in [0.15, 0.2) is 23.3 Å². The van der Waals surface area contributed by atoms with Crippen LogP contribution >= 0.6 is 11.8 Å². The van der Waals surface area contributed by atoms with Crippen LogP contribution in [0.3, 0.4) is 0 Å². The summed E-state index contributed by atoms with van der Waals surface area (Å²) in [5, 5.41) is 8.79. The molecule has 8 heteroatoms. The van der Waals surface area contributed by atoms with E-state index >= 15 is 0 Å². The highest BCUT2D eigenvalue weighted by molar-refractivity contribution is 8.00. The quantitative estimate of drug-likeness (QED) is 0.525.